The van der Waals surface area contributed by atoms with Crippen molar-refractivity contribution < 1.29 is 0 Å². The molecule has 0 aliphatic carbocycles. The highest BCUT2D eigenvalue weighted by Crippen LogP contribution is 2.28. The minimum Gasteiger partial charge on any atom is -0.316 e. The summed E-state index contributed by atoms with van der Waals surface area (Å²) in [5.41, 5.74) is 2.54. The molecule has 2 nitrogen and oxygen atoms in total. The third-order valence-electron chi connectivity index (χ3n) is 3.08. The monoisotopic (exact) mass is 318 g/mol. The predicted molar refractivity (Wildman–Crippen MR) is 99.0 cm³/mol. The standard InChI is InChI=1S/C17H22N2S2/c1-3-18(16-11-7-5-8-12-16)20-15-21-19(4-2)17-13-9-6-10-14-17/h5-14H,3-4,15H2,1-2H3. The van der Waals surface area contributed by atoms with Crippen molar-refractivity contribution in [1.29, 1.82) is 0 Å². The predicted octanol–water partition coefficient (Wildman–Crippen LogP) is 5.29. The average molecular weight is 319 g/mol. The van der Waals surface area contributed by atoms with E-state index in [-0.39, 0.29) is 0 Å². The van der Waals surface area contributed by atoms with Crippen LogP contribution in [0.3, 0.4) is 0 Å². The molecule has 0 unspecified atom stereocenters. The molecule has 0 saturated carbocycles. The summed E-state index contributed by atoms with van der Waals surface area (Å²) in [6, 6.07) is 21.1. The molecule has 0 amide bonds. The summed E-state index contributed by atoms with van der Waals surface area (Å²) in [5.74, 6) is 0. The minimum atomic E-state index is 1.01. The molecule has 2 rings (SSSR count). The molecule has 112 valence electrons. The van der Waals surface area contributed by atoms with Crippen molar-refractivity contribution in [3.8, 4) is 0 Å². The Morgan fingerprint density at radius 2 is 1.05 bits per heavy atom. The van der Waals surface area contributed by atoms with Crippen LogP contribution < -0.4 is 8.61 Å². The Hall–Kier alpha value is -1.26. The van der Waals surface area contributed by atoms with E-state index in [9.17, 15) is 0 Å². The minimum absolute atomic E-state index is 1.01. The van der Waals surface area contributed by atoms with E-state index in [0.717, 1.165) is 18.2 Å². The first-order valence-corrected chi connectivity index (χ1v) is 9.14. The molecule has 0 aliphatic rings. The highest BCUT2D eigenvalue weighted by molar-refractivity contribution is 8.17. The SMILES string of the molecule is CCN(SCSN(CC)c1ccccc1)c1ccccc1. The molecule has 0 aliphatic heterocycles. The molecule has 0 saturated heterocycles. The first kappa shape index (κ1) is 16.1. The maximum absolute atomic E-state index is 2.34. The van der Waals surface area contributed by atoms with Gasteiger partial charge in [0.2, 0.25) is 0 Å². The van der Waals surface area contributed by atoms with E-state index in [1.54, 1.807) is 0 Å². The zero-order valence-electron chi connectivity index (χ0n) is 12.6. The Morgan fingerprint density at radius 3 is 1.38 bits per heavy atom. The summed E-state index contributed by atoms with van der Waals surface area (Å²) in [5, 5.41) is 1.01. The van der Waals surface area contributed by atoms with Crippen molar-refractivity contribution in [2.45, 2.75) is 13.8 Å². The van der Waals surface area contributed by atoms with Gasteiger partial charge in [0.15, 0.2) is 0 Å². The lowest BCUT2D eigenvalue weighted by molar-refractivity contribution is 1.11. The van der Waals surface area contributed by atoms with Crippen LogP contribution in [-0.2, 0) is 0 Å². The zero-order valence-corrected chi connectivity index (χ0v) is 14.2. The molecule has 0 radical (unpaired) electrons. The summed E-state index contributed by atoms with van der Waals surface area (Å²) in [4.78, 5) is 0. The smallest absolute Gasteiger partial charge is 0.0792 e. The van der Waals surface area contributed by atoms with Crippen molar-refractivity contribution >= 4 is 35.3 Å². The van der Waals surface area contributed by atoms with Crippen molar-refractivity contribution in [2.75, 3.05) is 26.8 Å². The number of anilines is 2. The molecule has 0 bridgehead atoms. The molecule has 0 atom stereocenters. The lowest BCUT2D eigenvalue weighted by atomic mass is 10.3. The molecule has 0 N–H and O–H groups in total. The topological polar surface area (TPSA) is 6.48 Å². The van der Waals surface area contributed by atoms with E-state index in [1.807, 2.05) is 23.9 Å². The van der Waals surface area contributed by atoms with E-state index in [0.29, 0.717) is 0 Å². The van der Waals surface area contributed by atoms with Gasteiger partial charge in [0, 0.05) is 24.5 Å². The van der Waals surface area contributed by atoms with Crippen molar-refractivity contribution in [3.05, 3.63) is 60.7 Å². The quantitative estimate of drug-likeness (QED) is 0.481. The fourth-order valence-corrected chi connectivity index (χ4v) is 4.15. The number of nitrogens with zero attached hydrogens (tertiary/aromatic N) is 2. The van der Waals surface area contributed by atoms with Gasteiger partial charge in [-0.3, -0.25) is 0 Å². The highest BCUT2D eigenvalue weighted by Gasteiger charge is 2.08. The van der Waals surface area contributed by atoms with Crippen LogP contribution in [0.15, 0.2) is 60.7 Å². The van der Waals surface area contributed by atoms with Gasteiger partial charge in [-0.25, -0.2) is 0 Å². The lowest BCUT2D eigenvalue weighted by Gasteiger charge is -2.25. The largest absolute Gasteiger partial charge is 0.316 e. The second kappa shape index (κ2) is 8.90. The molecule has 2 aromatic carbocycles. The second-order valence-electron chi connectivity index (χ2n) is 4.44. The first-order chi connectivity index (χ1) is 10.3. The molecule has 4 heteroatoms. The number of benzene rings is 2. The van der Waals surface area contributed by atoms with Crippen molar-refractivity contribution in [2.24, 2.45) is 0 Å². The summed E-state index contributed by atoms with van der Waals surface area (Å²) >= 11 is 3.74. The van der Waals surface area contributed by atoms with Crippen LogP contribution in [0, 0.1) is 0 Å². The third kappa shape index (κ3) is 4.90. The van der Waals surface area contributed by atoms with E-state index < -0.39 is 0 Å². The molecule has 0 fully saturated rings. The van der Waals surface area contributed by atoms with Gasteiger partial charge in [0.25, 0.3) is 0 Å². The van der Waals surface area contributed by atoms with Crippen LogP contribution in [0.1, 0.15) is 13.8 Å². The highest BCUT2D eigenvalue weighted by atomic mass is 32.2. The second-order valence-corrected chi connectivity index (χ2v) is 6.78. The van der Waals surface area contributed by atoms with Gasteiger partial charge >= 0.3 is 0 Å². The molecule has 2 aromatic rings. The maximum Gasteiger partial charge on any atom is 0.0792 e. The Bertz CT molecular complexity index is 457. The van der Waals surface area contributed by atoms with Crippen molar-refractivity contribution in [1.82, 2.24) is 0 Å². The van der Waals surface area contributed by atoms with Crippen LogP contribution in [0.5, 0.6) is 0 Å². The van der Waals surface area contributed by atoms with Crippen LogP contribution in [-0.4, -0.2) is 18.2 Å². The van der Waals surface area contributed by atoms with Gasteiger partial charge in [-0.15, -0.1) is 0 Å². The number of hydrogen-bond acceptors (Lipinski definition) is 4. The fourth-order valence-electron chi connectivity index (χ4n) is 2.04. The van der Waals surface area contributed by atoms with Gasteiger partial charge in [-0.1, -0.05) is 36.4 Å². The van der Waals surface area contributed by atoms with Crippen LogP contribution >= 0.6 is 23.9 Å². The molecule has 21 heavy (non-hydrogen) atoms. The van der Waals surface area contributed by atoms with Crippen LogP contribution in [0.4, 0.5) is 11.4 Å². The van der Waals surface area contributed by atoms with Crippen LogP contribution in [0.25, 0.3) is 0 Å². The summed E-state index contributed by atoms with van der Waals surface area (Å²) < 4.78 is 4.68. The van der Waals surface area contributed by atoms with E-state index in [1.165, 1.54) is 11.4 Å². The molecular formula is C17H22N2S2. The average Bonchev–Trinajstić information content (AvgIpc) is 2.57. The van der Waals surface area contributed by atoms with Crippen molar-refractivity contribution in [3.63, 3.8) is 0 Å². The fraction of sp³-hybridized carbons (Fsp3) is 0.294. The normalized spacial score (nSPS) is 10.4. The molecular weight excluding hydrogens is 296 g/mol. The summed E-state index contributed by atoms with van der Waals surface area (Å²) in [6.45, 7) is 6.40. The lowest BCUT2D eigenvalue weighted by Crippen LogP contribution is -2.17. The molecule has 0 heterocycles. The van der Waals surface area contributed by atoms with Gasteiger partial charge in [0.1, 0.15) is 0 Å². The van der Waals surface area contributed by atoms with E-state index >= 15 is 0 Å². The van der Waals surface area contributed by atoms with Gasteiger partial charge in [-0.05, 0) is 62.0 Å². The maximum atomic E-state index is 2.34. The first-order valence-electron chi connectivity index (χ1n) is 7.26. The Balaban J connectivity index is 1.87. The van der Waals surface area contributed by atoms with E-state index in [2.05, 4.69) is 83.1 Å². The number of rotatable bonds is 8. The Kier molecular flexibility index (Phi) is 6.83. The van der Waals surface area contributed by atoms with Gasteiger partial charge in [0.05, 0.1) is 5.08 Å². The number of para-hydroxylation sites is 2. The number of hydrogen-bond donors (Lipinski definition) is 0. The Labute approximate surface area is 136 Å². The van der Waals surface area contributed by atoms with Crippen LogP contribution in [0.2, 0.25) is 0 Å². The molecule has 0 spiro atoms. The third-order valence-corrected chi connectivity index (χ3v) is 5.48. The Morgan fingerprint density at radius 1 is 0.667 bits per heavy atom. The zero-order chi connectivity index (χ0) is 14.9. The summed E-state index contributed by atoms with van der Waals surface area (Å²) in [6.07, 6.45) is 0. The molecule has 0 aromatic heterocycles. The summed E-state index contributed by atoms with van der Waals surface area (Å²) in [7, 11) is 0. The van der Waals surface area contributed by atoms with E-state index in [4.69, 9.17) is 0 Å². The van der Waals surface area contributed by atoms with Gasteiger partial charge in [-0.2, -0.15) is 0 Å². The van der Waals surface area contributed by atoms with Gasteiger partial charge < -0.3 is 8.61 Å².